The molecule has 1 saturated heterocycles. The number of aliphatic imine (C=N–C) groups is 1. The molecule has 6 heteroatoms. The fourth-order valence-electron chi connectivity index (χ4n) is 3.66. The topological polar surface area (TPSA) is 60.0 Å². The zero-order valence-corrected chi connectivity index (χ0v) is 15.7. The van der Waals surface area contributed by atoms with Crippen LogP contribution in [0, 0.1) is 0 Å². The molecule has 0 bridgehead atoms. The minimum Gasteiger partial charge on any atom is -0.357 e. The van der Waals surface area contributed by atoms with Gasteiger partial charge in [0.25, 0.3) is 0 Å². The van der Waals surface area contributed by atoms with Gasteiger partial charge in [-0.3, -0.25) is 4.79 Å². The molecule has 0 radical (unpaired) electrons. The van der Waals surface area contributed by atoms with E-state index in [1.807, 2.05) is 0 Å². The number of nitrogens with one attached hydrogen (secondary N) is 2. The van der Waals surface area contributed by atoms with Crippen LogP contribution in [0.25, 0.3) is 0 Å². The SMILES string of the molecule is CCNC(=NCC(=O)N(C)C)NC1CCN(C2CCCCC2)CC1. The van der Waals surface area contributed by atoms with E-state index in [0.29, 0.717) is 6.04 Å². The summed E-state index contributed by atoms with van der Waals surface area (Å²) in [6.45, 7) is 5.42. The van der Waals surface area contributed by atoms with Crippen LogP contribution in [0.4, 0.5) is 0 Å². The number of guanidine groups is 1. The molecular weight excluding hydrogens is 302 g/mol. The molecule has 0 aromatic rings. The Labute approximate surface area is 147 Å². The zero-order valence-electron chi connectivity index (χ0n) is 15.7. The number of hydrogen-bond acceptors (Lipinski definition) is 3. The molecule has 6 nitrogen and oxygen atoms in total. The fraction of sp³-hybridized carbons (Fsp3) is 0.889. The molecule has 2 N–H and O–H groups in total. The Hall–Kier alpha value is -1.30. The Bertz CT molecular complexity index is 410. The first kappa shape index (κ1) is 19.0. The highest BCUT2D eigenvalue weighted by atomic mass is 16.2. The van der Waals surface area contributed by atoms with E-state index in [2.05, 4.69) is 27.4 Å². The standard InChI is InChI=1S/C18H35N5O/c1-4-19-18(20-14-17(24)22(2)3)21-15-10-12-23(13-11-15)16-8-6-5-7-9-16/h15-16H,4-14H2,1-3H3,(H2,19,20,21). The van der Waals surface area contributed by atoms with Crippen LogP contribution in [0.2, 0.25) is 0 Å². The average Bonchev–Trinajstić information content (AvgIpc) is 2.61. The minimum atomic E-state index is 0.0271. The zero-order chi connectivity index (χ0) is 17.4. The molecule has 0 atom stereocenters. The lowest BCUT2D eigenvalue weighted by Gasteiger charge is -2.39. The third-order valence-corrected chi connectivity index (χ3v) is 5.18. The summed E-state index contributed by atoms with van der Waals surface area (Å²) >= 11 is 0. The van der Waals surface area contributed by atoms with Crippen molar-refractivity contribution in [3.63, 3.8) is 0 Å². The summed E-state index contributed by atoms with van der Waals surface area (Å²) in [6.07, 6.45) is 9.30. The number of carbonyl (C=O) groups is 1. The van der Waals surface area contributed by atoms with E-state index < -0.39 is 0 Å². The Kier molecular flexibility index (Phi) is 7.82. The molecule has 2 aliphatic rings. The summed E-state index contributed by atoms with van der Waals surface area (Å²) < 4.78 is 0. The number of rotatable bonds is 5. The normalized spacial score (nSPS) is 21.5. The van der Waals surface area contributed by atoms with E-state index in [-0.39, 0.29) is 12.5 Å². The summed E-state index contributed by atoms with van der Waals surface area (Å²) in [5, 5.41) is 6.77. The number of likely N-dealkylation sites (tertiary alicyclic amines) is 1. The Balaban J connectivity index is 1.78. The Morgan fingerprint density at radius 3 is 2.38 bits per heavy atom. The van der Waals surface area contributed by atoms with Gasteiger partial charge >= 0.3 is 0 Å². The van der Waals surface area contributed by atoms with Crippen molar-refractivity contribution in [3.8, 4) is 0 Å². The van der Waals surface area contributed by atoms with Gasteiger partial charge in [0.1, 0.15) is 6.54 Å². The number of hydrogen-bond donors (Lipinski definition) is 2. The molecule has 1 amide bonds. The number of carbonyl (C=O) groups excluding carboxylic acids is 1. The number of amides is 1. The van der Waals surface area contributed by atoms with Crippen LogP contribution in [0.5, 0.6) is 0 Å². The maximum atomic E-state index is 11.7. The lowest BCUT2D eigenvalue weighted by atomic mass is 9.92. The van der Waals surface area contributed by atoms with Crippen LogP contribution in [0.1, 0.15) is 51.9 Å². The maximum Gasteiger partial charge on any atom is 0.243 e. The molecule has 2 fully saturated rings. The maximum absolute atomic E-state index is 11.7. The molecule has 0 aromatic carbocycles. The third kappa shape index (κ3) is 5.96. The lowest BCUT2D eigenvalue weighted by Crippen LogP contribution is -2.51. The van der Waals surface area contributed by atoms with E-state index in [1.165, 1.54) is 45.2 Å². The first-order valence-electron chi connectivity index (χ1n) is 9.59. The minimum absolute atomic E-state index is 0.0271. The van der Waals surface area contributed by atoms with Crippen molar-refractivity contribution < 1.29 is 4.79 Å². The smallest absolute Gasteiger partial charge is 0.243 e. The molecule has 0 unspecified atom stereocenters. The fourth-order valence-corrected chi connectivity index (χ4v) is 3.66. The Morgan fingerprint density at radius 2 is 1.79 bits per heavy atom. The molecule has 0 spiro atoms. The van der Waals surface area contributed by atoms with Crippen LogP contribution in [0.3, 0.4) is 0 Å². The summed E-state index contributed by atoms with van der Waals surface area (Å²) in [4.78, 5) is 20.4. The highest BCUT2D eigenvalue weighted by molar-refractivity contribution is 5.84. The molecule has 1 heterocycles. The van der Waals surface area contributed by atoms with Gasteiger partial charge in [-0.05, 0) is 32.6 Å². The van der Waals surface area contributed by atoms with Gasteiger partial charge in [0.15, 0.2) is 5.96 Å². The number of nitrogens with zero attached hydrogens (tertiary/aromatic N) is 3. The first-order chi connectivity index (χ1) is 11.6. The number of likely N-dealkylation sites (N-methyl/N-ethyl adjacent to an activating group) is 1. The van der Waals surface area contributed by atoms with E-state index in [1.54, 1.807) is 19.0 Å². The molecule has 1 aliphatic heterocycles. The van der Waals surface area contributed by atoms with Crippen molar-refractivity contribution in [2.75, 3.05) is 40.3 Å². The first-order valence-corrected chi connectivity index (χ1v) is 9.59. The second kappa shape index (κ2) is 9.87. The summed E-state index contributed by atoms with van der Waals surface area (Å²) in [7, 11) is 3.53. The third-order valence-electron chi connectivity index (χ3n) is 5.18. The van der Waals surface area contributed by atoms with Gasteiger partial charge in [0.05, 0.1) is 0 Å². The van der Waals surface area contributed by atoms with Gasteiger partial charge in [-0.1, -0.05) is 19.3 Å². The molecule has 24 heavy (non-hydrogen) atoms. The molecule has 2 rings (SSSR count). The van der Waals surface area contributed by atoms with Crippen LogP contribution in [0.15, 0.2) is 4.99 Å². The summed E-state index contributed by atoms with van der Waals surface area (Å²) in [5.41, 5.74) is 0. The van der Waals surface area contributed by atoms with Crippen molar-refractivity contribution in [1.29, 1.82) is 0 Å². The highest BCUT2D eigenvalue weighted by Gasteiger charge is 2.26. The quantitative estimate of drug-likeness (QED) is 0.588. The molecule has 138 valence electrons. The lowest BCUT2D eigenvalue weighted by molar-refractivity contribution is -0.127. The second-order valence-corrected chi connectivity index (χ2v) is 7.23. The summed E-state index contributed by atoms with van der Waals surface area (Å²) in [5.74, 6) is 0.795. The van der Waals surface area contributed by atoms with Crippen LogP contribution in [-0.4, -0.2) is 74.0 Å². The summed E-state index contributed by atoms with van der Waals surface area (Å²) in [6, 6.07) is 1.27. The van der Waals surface area contributed by atoms with Crippen molar-refractivity contribution in [3.05, 3.63) is 0 Å². The van der Waals surface area contributed by atoms with E-state index >= 15 is 0 Å². The van der Waals surface area contributed by atoms with E-state index in [9.17, 15) is 4.79 Å². The predicted octanol–water partition coefficient (Wildman–Crippen LogP) is 1.43. The molecule has 1 aliphatic carbocycles. The Morgan fingerprint density at radius 1 is 1.12 bits per heavy atom. The van der Waals surface area contributed by atoms with Gasteiger partial charge in [-0.2, -0.15) is 0 Å². The highest BCUT2D eigenvalue weighted by Crippen LogP contribution is 2.25. The van der Waals surface area contributed by atoms with Gasteiger partial charge in [0, 0.05) is 45.8 Å². The van der Waals surface area contributed by atoms with Crippen molar-refractivity contribution in [1.82, 2.24) is 20.4 Å². The van der Waals surface area contributed by atoms with Crippen LogP contribution >= 0.6 is 0 Å². The molecule has 1 saturated carbocycles. The van der Waals surface area contributed by atoms with Gasteiger partial charge in [-0.25, -0.2) is 4.99 Å². The van der Waals surface area contributed by atoms with Gasteiger partial charge in [0.2, 0.25) is 5.91 Å². The van der Waals surface area contributed by atoms with Crippen LogP contribution in [-0.2, 0) is 4.79 Å². The molecule has 0 aromatic heterocycles. The monoisotopic (exact) mass is 337 g/mol. The van der Waals surface area contributed by atoms with E-state index in [4.69, 9.17) is 0 Å². The van der Waals surface area contributed by atoms with Crippen LogP contribution < -0.4 is 10.6 Å². The average molecular weight is 338 g/mol. The van der Waals surface area contributed by atoms with Crippen molar-refractivity contribution in [2.24, 2.45) is 4.99 Å². The second-order valence-electron chi connectivity index (χ2n) is 7.23. The van der Waals surface area contributed by atoms with E-state index in [0.717, 1.165) is 31.4 Å². The van der Waals surface area contributed by atoms with Gasteiger partial charge < -0.3 is 20.4 Å². The van der Waals surface area contributed by atoms with Crippen molar-refractivity contribution in [2.45, 2.75) is 64.0 Å². The largest absolute Gasteiger partial charge is 0.357 e. The van der Waals surface area contributed by atoms with Crippen molar-refractivity contribution >= 4 is 11.9 Å². The number of piperidine rings is 1. The predicted molar refractivity (Wildman–Crippen MR) is 99.3 cm³/mol. The van der Waals surface area contributed by atoms with Gasteiger partial charge in [-0.15, -0.1) is 0 Å². The molecular formula is C18H35N5O.